The maximum absolute atomic E-state index is 12.0. The fourth-order valence-electron chi connectivity index (χ4n) is 2.77. The molecule has 2 atom stereocenters. The first-order valence-electron chi connectivity index (χ1n) is 6.76. The van der Waals surface area contributed by atoms with Gasteiger partial charge in [0.15, 0.2) is 0 Å². The van der Waals surface area contributed by atoms with Gasteiger partial charge in [0.2, 0.25) is 0 Å². The summed E-state index contributed by atoms with van der Waals surface area (Å²) in [6.07, 6.45) is 3.00. The molecule has 0 radical (unpaired) electrons. The number of carbonyl (C=O) groups excluding carboxylic acids is 1. The van der Waals surface area contributed by atoms with Crippen LogP contribution in [0.2, 0.25) is 0 Å². The topological polar surface area (TPSA) is 92.5 Å². The number of nitro benzene ring substituents is 1. The largest absolute Gasteiger partial charge is 0.396 e. The van der Waals surface area contributed by atoms with E-state index in [1.54, 1.807) is 6.07 Å². The summed E-state index contributed by atoms with van der Waals surface area (Å²) in [4.78, 5) is 22.4. The van der Waals surface area contributed by atoms with Crippen molar-refractivity contribution < 1.29 is 14.8 Å². The van der Waals surface area contributed by atoms with Crippen LogP contribution in [0.1, 0.15) is 29.6 Å². The first kappa shape index (κ1) is 14.5. The summed E-state index contributed by atoms with van der Waals surface area (Å²) in [5, 5.41) is 22.9. The van der Waals surface area contributed by atoms with Gasteiger partial charge in [0.05, 0.1) is 4.92 Å². The van der Waals surface area contributed by atoms with Crippen LogP contribution in [-0.2, 0) is 0 Å². The molecule has 1 amide bonds. The molecule has 2 unspecified atom stereocenters. The zero-order chi connectivity index (χ0) is 14.5. The fourth-order valence-corrected chi connectivity index (χ4v) is 2.77. The molecule has 2 N–H and O–H groups in total. The molecule has 6 heteroatoms. The highest BCUT2D eigenvalue weighted by Gasteiger charge is 2.27. The summed E-state index contributed by atoms with van der Waals surface area (Å²) in [6.45, 7) is 0.585. The molecular formula is C14H18N2O4. The maximum atomic E-state index is 12.0. The first-order chi connectivity index (χ1) is 9.63. The summed E-state index contributed by atoms with van der Waals surface area (Å²) in [7, 11) is 0. The monoisotopic (exact) mass is 278 g/mol. The van der Waals surface area contributed by atoms with Gasteiger partial charge in [-0.1, -0.05) is 18.6 Å². The molecule has 1 aliphatic rings. The van der Waals surface area contributed by atoms with Crippen LogP contribution in [0.3, 0.4) is 0 Å². The lowest BCUT2D eigenvalue weighted by atomic mass is 9.97. The van der Waals surface area contributed by atoms with Crippen LogP contribution in [0.5, 0.6) is 0 Å². The highest BCUT2D eigenvalue weighted by molar-refractivity contribution is 5.98. The van der Waals surface area contributed by atoms with Gasteiger partial charge in [-0.15, -0.1) is 0 Å². The zero-order valence-corrected chi connectivity index (χ0v) is 11.1. The van der Waals surface area contributed by atoms with Crippen molar-refractivity contribution in [3.63, 3.8) is 0 Å². The van der Waals surface area contributed by atoms with Crippen molar-refractivity contribution in [1.29, 1.82) is 0 Å². The molecule has 0 saturated heterocycles. The second-order valence-corrected chi connectivity index (χ2v) is 5.12. The van der Waals surface area contributed by atoms with E-state index in [9.17, 15) is 20.0 Å². The third-order valence-electron chi connectivity index (χ3n) is 3.92. The van der Waals surface area contributed by atoms with Crippen LogP contribution in [0.4, 0.5) is 5.69 Å². The molecule has 108 valence electrons. The Morgan fingerprint density at radius 3 is 2.75 bits per heavy atom. The van der Waals surface area contributed by atoms with Crippen LogP contribution in [0, 0.1) is 22.0 Å². The Labute approximate surface area is 117 Å². The van der Waals surface area contributed by atoms with Gasteiger partial charge in [0.1, 0.15) is 5.56 Å². The molecule has 1 aromatic rings. The lowest BCUT2D eigenvalue weighted by Crippen LogP contribution is -2.32. The van der Waals surface area contributed by atoms with Crippen molar-refractivity contribution in [3.8, 4) is 0 Å². The number of carbonyl (C=O) groups is 1. The smallest absolute Gasteiger partial charge is 0.282 e. The van der Waals surface area contributed by atoms with Crippen LogP contribution < -0.4 is 5.32 Å². The van der Waals surface area contributed by atoms with Gasteiger partial charge in [-0.25, -0.2) is 0 Å². The number of benzene rings is 1. The lowest BCUT2D eigenvalue weighted by Gasteiger charge is -2.17. The van der Waals surface area contributed by atoms with E-state index in [2.05, 4.69) is 5.32 Å². The average Bonchev–Trinajstić information content (AvgIpc) is 2.92. The van der Waals surface area contributed by atoms with Gasteiger partial charge in [-0.2, -0.15) is 0 Å². The first-order valence-corrected chi connectivity index (χ1v) is 6.76. The molecular weight excluding hydrogens is 260 g/mol. The Kier molecular flexibility index (Phi) is 4.68. The van der Waals surface area contributed by atoms with E-state index in [0.717, 1.165) is 19.3 Å². The Balaban J connectivity index is 2.00. The minimum atomic E-state index is -0.555. The molecule has 0 heterocycles. The summed E-state index contributed by atoms with van der Waals surface area (Å²) in [6, 6.07) is 5.91. The van der Waals surface area contributed by atoms with Crippen molar-refractivity contribution in [2.45, 2.75) is 19.3 Å². The summed E-state index contributed by atoms with van der Waals surface area (Å²) in [5.74, 6) is 0.0497. The molecule has 0 bridgehead atoms. The quantitative estimate of drug-likeness (QED) is 0.633. The number of aliphatic hydroxyl groups excluding tert-OH is 1. The molecule has 2 rings (SSSR count). The summed E-state index contributed by atoms with van der Waals surface area (Å²) >= 11 is 0. The highest BCUT2D eigenvalue weighted by atomic mass is 16.6. The minimum absolute atomic E-state index is 0.0797. The molecule has 1 aromatic carbocycles. The maximum Gasteiger partial charge on any atom is 0.282 e. The highest BCUT2D eigenvalue weighted by Crippen LogP contribution is 2.30. The number of nitrogens with one attached hydrogen (secondary N) is 1. The number of aliphatic hydroxyl groups is 1. The van der Waals surface area contributed by atoms with Crippen molar-refractivity contribution in [1.82, 2.24) is 5.32 Å². The minimum Gasteiger partial charge on any atom is -0.396 e. The number of para-hydroxylation sites is 1. The van der Waals surface area contributed by atoms with E-state index < -0.39 is 10.8 Å². The normalized spacial score (nSPS) is 21.6. The van der Waals surface area contributed by atoms with Crippen LogP contribution in [0.25, 0.3) is 0 Å². The Morgan fingerprint density at radius 2 is 2.05 bits per heavy atom. The summed E-state index contributed by atoms with van der Waals surface area (Å²) in [5.41, 5.74) is -0.105. The number of hydrogen-bond donors (Lipinski definition) is 2. The lowest BCUT2D eigenvalue weighted by molar-refractivity contribution is -0.385. The van der Waals surface area contributed by atoms with E-state index in [1.165, 1.54) is 18.2 Å². The van der Waals surface area contributed by atoms with Gasteiger partial charge in [0, 0.05) is 19.2 Å². The van der Waals surface area contributed by atoms with Gasteiger partial charge >= 0.3 is 0 Å². The molecule has 0 spiro atoms. The molecule has 1 saturated carbocycles. The molecule has 1 fully saturated rings. The van der Waals surface area contributed by atoms with Gasteiger partial charge in [0.25, 0.3) is 11.6 Å². The van der Waals surface area contributed by atoms with E-state index in [4.69, 9.17) is 0 Å². The second-order valence-electron chi connectivity index (χ2n) is 5.12. The SMILES string of the molecule is O=C(NCC1CCCC1CO)c1ccccc1[N+](=O)[O-]. The fraction of sp³-hybridized carbons (Fsp3) is 0.500. The number of nitrogens with zero attached hydrogens (tertiary/aromatic N) is 1. The molecule has 0 aliphatic heterocycles. The Hall–Kier alpha value is -1.95. The zero-order valence-electron chi connectivity index (χ0n) is 11.1. The molecule has 0 aromatic heterocycles. The van der Waals surface area contributed by atoms with E-state index >= 15 is 0 Å². The van der Waals surface area contributed by atoms with Crippen molar-refractivity contribution in [2.75, 3.05) is 13.2 Å². The number of nitro groups is 1. The third kappa shape index (κ3) is 3.14. The number of rotatable bonds is 5. The Morgan fingerprint density at radius 1 is 1.35 bits per heavy atom. The predicted octanol–water partition coefficient (Wildman–Crippen LogP) is 1.73. The molecule has 6 nitrogen and oxygen atoms in total. The summed E-state index contributed by atoms with van der Waals surface area (Å²) < 4.78 is 0. The van der Waals surface area contributed by atoms with E-state index in [0.29, 0.717) is 6.54 Å². The van der Waals surface area contributed by atoms with Crippen molar-refractivity contribution in [3.05, 3.63) is 39.9 Å². The van der Waals surface area contributed by atoms with Crippen LogP contribution >= 0.6 is 0 Å². The van der Waals surface area contributed by atoms with E-state index in [1.807, 2.05) is 0 Å². The van der Waals surface area contributed by atoms with Gasteiger partial charge in [-0.3, -0.25) is 14.9 Å². The standard InChI is InChI=1S/C14H18N2O4/c17-9-11-5-3-4-10(11)8-15-14(18)12-6-1-2-7-13(12)16(19)20/h1-2,6-7,10-11,17H,3-5,8-9H2,(H,15,18). The van der Waals surface area contributed by atoms with E-state index in [-0.39, 0.29) is 29.7 Å². The third-order valence-corrected chi connectivity index (χ3v) is 3.92. The number of hydrogen-bond acceptors (Lipinski definition) is 4. The molecule has 20 heavy (non-hydrogen) atoms. The predicted molar refractivity (Wildman–Crippen MR) is 73.3 cm³/mol. The van der Waals surface area contributed by atoms with Gasteiger partial charge < -0.3 is 10.4 Å². The number of amides is 1. The van der Waals surface area contributed by atoms with Gasteiger partial charge in [-0.05, 0) is 30.7 Å². The van der Waals surface area contributed by atoms with Crippen LogP contribution in [0.15, 0.2) is 24.3 Å². The Bertz CT molecular complexity index is 504. The van der Waals surface area contributed by atoms with Crippen LogP contribution in [-0.4, -0.2) is 29.1 Å². The molecule has 1 aliphatic carbocycles. The average molecular weight is 278 g/mol. The second kappa shape index (κ2) is 6.47. The van der Waals surface area contributed by atoms with Crippen molar-refractivity contribution in [2.24, 2.45) is 11.8 Å². The van der Waals surface area contributed by atoms with Crippen molar-refractivity contribution >= 4 is 11.6 Å².